The van der Waals surface area contributed by atoms with Crippen LogP contribution >= 0.6 is 0 Å². The first-order chi connectivity index (χ1) is 7.62. The Labute approximate surface area is 112 Å². The Kier molecular flexibility index (Phi) is 7.22. The summed E-state index contributed by atoms with van der Waals surface area (Å²) >= 11 is 0. The van der Waals surface area contributed by atoms with Crippen molar-refractivity contribution >= 4 is 17.3 Å². The van der Waals surface area contributed by atoms with Crippen LogP contribution in [0.15, 0.2) is 0 Å². The van der Waals surface area contributed by atoms with Crippen LogP contribution in [0.4, 0.5) is 0 Å². The topological polar surface area (TPSA) is 12.5 Å². The van der Waals surface area contributed by atoms with Gasteiger partial charge in [-0.3, -0.25) is 0 Å². The number of hydrogen-bond donors (Lipinski definition) is 0. The Morgan fingerprint density at radius 2 is 1.71 bits per heavy atom. The van der Waals surface area contributed by atoms with E-state index in [2.05, 4.69) is 58.4 Å². The molecule has 0 bridgehead atoms. The first-order valence-corrected chi connectivity index (χ1v) is 12.7. The maximum absolute atomic E-state index is 6.31. The van der Waals surface area contributed by atoms with Gasteiger partial charge >= 0.3 is 0 Å². The largest absolute Gasteiger partial charge is 0.405 e. The van der Waals surface area contributed by atoms with Crippen LogP contribution in [-0.4, -0.2) is 35.1 Å². The molecule has 0 saturated heterocycles. The number of nitrogens with zero attached hydrogens (tertiary/aromatic N) is 1. The lowest BCUT2D eigenvalue weighted by molar-refractivity contribution is 0.179. The van der Waals surface area contributed by atoms with Crippen LogP contribution in [0.5, 0.6) is 0 Å². The SMILES string of the molecule is CCCCN(CO[Si](C)(C)C(C)(C)C)[SiH](C)C. The van der Waals surface area contributed by atoms with Crippen LogP contribution in [0, 0.1) is 0 Å². The van der Waals surface area contributed by atoms with E-state index < -0.39 is 17.3 Å². The second kappa shape index (κ2) is 7.07. The molecule has 0 aliphatic carbocycles. The van der Waals surface area contributed by atoms with E-state index in [4.69, 9.17) is 4.43 Å². The summed E-state index contributed by atoms with van der Waals surface area (Å²) in [6.07, 6.45) is 2.57. The van der Waals surface area contributed by atoms with Crippen LogP contribution in [-0.2, 0) is 4.43 Å². The summed E-state index contributed by atoms with van der Waals surface area (Å²) in [7, 11) is -2.30. The molecule has 2 nitrogen and oxygen atoms in total. The van der Waals surface area contributed by atoms with E-state index in [9.17, 15) is 0 Å². The lowest BCUT2D eigenvalue weighted by Gasteiger charge is -2.38. The van der Waals surface area contributed by atoms with Crippen molar-refractivity contribution in [2.75, 3.05) is 13.3 Å². The van der Waals surface area contributed by atoms with Crippen molar-refractivity contribution in [1.29, 1.82) is 0 Å². The van der Waals surface area contributed by atoms with E-state index in [1.165, 1.54) is 19.4 Å². The van der Waals surface area contributed by atoms with Crippen molar-refractivity contribution < 1.29 is 4.43 Å². The van der Waals surface area contributed by atoms with Crippen molar-refractivity contribution in [3.63, 3.8) is 0 Å². The maximum atomic E-state index is 6.31. The van der Waals surface area contributed by atoms with Crippen molar-refractivity contribution in [2.45, 2.75) is 71.8 Å². The van der Waals surface area contributed by atoms with Gasteiger partial charge in [-0.15, -0.1) is 0 Å². The van der Waals surface area contributed by atoms with Crippen molar-refractivity contribution in [2.24, 2.45) is 0 Å². The molecule has 0 amide bonds. The highest BCUT2D eigenvalue weighted by atomic mass is 28.4. The Morgan fingerprint density at radius 3 is 2.06 bits per heavy atom. The summed E-state index contributed by atoms with van der Waals surface area (Å²) in [5.41, 5.74) is 0. The molecule has 0 N–H and O–H groups in total. The fourth-order valence-electron chi connectivity index (χ4n) is 1.29. The van der Waals surface area contributed by atoms with Crippen molar-refractivity contribution in [3.05, 3.63) is 0 Å². The minimum Gasteiger partial charge on any atom is -0.405 e. The summed E-state index contributed by atoms with van der Waals surface area (Å²) in [5, 5.41) is 0.321. The van der Waals surface area contributed by atoms with Crippen LogP contribution in [0.1, 0.15) is 40.5 Å². The second-order valence-electron chi connectivity index (χ2n) is 6.79. The van der Waals surface area contributed by atoms with Gasteiger partial charge in [-0.2, -0.15) is 0 Å². The van der Waals surface area contributed by atoms with Gasteiger partial charge < -0.3 is 8.99 Å². The van der Waals surface area contributed by atoms with Gasteiger partial charge in [0.25, 0.3) is 0 Å². The van der Waals surface area contributed by atoms with Gasteiger partial charge in [0.2, 0.25) is 0 Å². The first kappa shape index (κ1) is 17.4. The molecule has 0 aromatic heterocycles. The summed E-state index contributed by atoms with van der Waals surface area (Å²) in [5.74, 6) is 0. The normalized spacial score (nSPS) is 13.8. The quantitative estimate of drug-likeness (QED) is 0.513. The Hall–Kier alpha value is 0.354. The van der Waals surface area contributed by atoms with E-state index >= 15 is 0 Å². The molecule has 0 aromatic carbocycles. The average molecular weight is 276 g/mol. The van der Waals surface area contributed by atoms with E-state index in [1.54, 1.807) is 0 Å². The van der Waals surface area contributed by atoms with E-state index in [0.717, 1.165) is 6.73 Å². The van der Waals surface area contributed by atoms with E-state index in [-0.39, 0.29) is 0 Å². The van der Waals surface area contributed by atoms with Gasteiger partial charge in [0.1, 0.15) is 8.96 Å². The Balaban J connectivity index is 4.30. The van der Waals surface area contributed by atoms with E-state index in [0.29, 0.717) is 5.04 Å². The zero-order valence-corrected chi connectivity index (χ0v) is 15.4. The van der Waals surface area contributed by atoms with E-state index in [1.807, 2.05) is 0 Å². The average Bonchev–Trinajstić information content (AvgIpc) is 2.15. The zero-order valence-electron chi connectivity index (χ0n) is 13.3. The molecule has 0 spiro atoms. The predicted molar refractivity (Wildman–Crippen MR) is 83.6 cm³/mol. The highest BCUT2D eigenvalue weighted by molar-refractivity contribution is 6.74. The molecule has 0 aliphatic rings. The number of rotatable bonds is 7. The summed E-state index contributed by atoms with van der Waals surface area (Å²) in [6, 6.07) is 0. The molecular formula is C13H33NOSi2. The third-order valence-corrected chi connectivity index (χ3v) is 10.3. The highest BCUT2D eigenvalue weighted by Gasteiger charge is 2.37. The van der Waals surface area contributed by atoms with Gasteiger partial charge in [0, 0.05) is 0 Å². The summed E-state index contributed by atoms with van der Waals surface area (Å²) in [6.45, 7) is 20.7. The standard InChI is InChI=1S/C13H33NOSi2/c1-9-10-11-14(16(5)6)12-15-17(7,8)13(2,3)4/h16H,9-12H2,1-8H3. The molecule has 0 aliphatic heterocycles. The predicted octanol–water partition coefficient (Wildman–Crippen LogP) is 4.05. The maximum Gasteiger partial charge on any atom is 0.193 e. The second-order valence-corrected chi connectivity index (χ2v) is 14.5. The molecule has 104 valence electrons. The fraction of sp³-hybridized carbons (Fsp3) is 1.00. The lowest BCUT2D eigenvalue weighted by atomic mass is 10.2. The zero-order chi connectivity index (χ0) is 13.7. The van der Waals surface area contributed by atoms with Crippen LogP contribution in [0.25, 0.3) is 0 Å². The number of hydrogen-bond acceptors (Lipinski definition) is 2. The lowest BCUT2D eigenvalue weighted by Crippen LogP contribution is -2.46. The molecule has 0 atom stereocenters. The minimum atomic E-state index is -1.57. The van der Waals surface area contributed by atoms with Crippen LogP contribution < -0.4 is 0 Å². The molecule has 0 radical (unpaired) electrons. The Bertz CT molecular complexity index is 212. The Morgan fingerprint density at radius 1 is 1.18 bits per heavy atom. The third-order valence-electron chi connectivity index (χ3n) is 3.93. The molecule has 0 heterocycles. The molecule has 17 heavy (non-hydrogen) atoms. The van der Waals surface area contributed by atoms with Gasteiger partial charge in [-0.1, -0.05) is 47.2 Å². The first-order valence-electron chi connectivity index (χ1n) is 7.00. The van der Waals surface area contributed by atoms with Crippen molar-refractivity contribution in [1.82, 2.24) is 4.57 Å². The summed E-state index contributed by atoms with van der Waals surface area (Å²) < 4.78 is 8.90. The third kappa shape index (κ3) is 6.18. The van der Waals surface area contributed by atoms with Gasteiger partial charge in [-0.05, 0) is 31.1 Å². The monoisotopic (exact) mass is 275 g/mol. The molecule has 0 rings (SSSR count). The molecular weight excluding hydrogens is 242 g/mol. The van der Waals surface area contributed by atoms with Crippen molar-refractivity contribution in [3.8, 4) is 0 Å². The molecule has 0 unspecified atom stereocenters. The molecule has 0 aromatic rings. The fourth-order valence-corrected chi connectivity index (χ4v) is 3.44. The summed E-state index contributed by atoms with van der Waals surface area (Å²) in [4.78, 5) is 0. The smallest absolute Gasteiger partial charge is 0.193 e. The van der Waals surface area contributed by atoms with Gasteiger partial charge in [0.15, 0.2) is 8.32 Å². The van der Waals surface area contributed by atoms with Gasteiger partial charge in [-0.25, -0.2) is 0 Å². The van der Waals surface area contributed by atoms with Gasteiger partial charge in [0.05, 0.1) is 6.73 Å². The highest BCUT2D eigenvalue weighted by Crippen LogP contribution is 2.36. The molecule has 0 fully saturated rings. The van der Waals surface area contributed by atoms with Crippen LogP contribution in [0.3, 0.4) is 0 Å². The number of unbranched alkanes of at least 4 members (excludes halogenated alkanes) is 1. The molecule has 0 saturated carbocycles. The minimum absolute atomic E-state index is 0.321. The molecule has 4 heteroatoms. The van der Waals surface area contributed by atoms with Crippen LogP contribution in [0.2, 0.25) is 31.2 Å².